The van der Waals surface area contributed by atoms with Crippen molar-refractivity contribution in [1.82, 2.24) is 19.8 Å². The predicted molar refractivity (Wildman–Crippen MR) is 140 cm³/mol. The van der Waals surface area contributed by atoms with Gasteiger partial charge in [0.2, 0.25) is 0 Å². The Morgan fingerprint density at radius 2 is 1.75 bits per heavy atom. The summed E-state index contributed by atoms with van der Waals surface area (Å²) in [4.78, 5) is 39.5. The van der Waals surface area contributed by atoms with E-state index in [-0.39, 0.29) is 17.9 Å². The van der Waals surface area contributed by atoms with Gasteiger partial charge in [-0.25, -0.2) is 9.97 Å². The number of piperidine rings is 1. The third-order valence-corrected chi connectivity index (χ3v) is 7.07. The zero-order chi connectivity index (χ0) is 24.9. The molecule has 186 valence electrons. The molecule has 0 bridgehead atoms. The van der Waals surface area contributed by atoms with Gasteiger partial charge < -0.3 is 10.2 Å². The molecule has 1 atom stereocenters. The highest BCUT2D eigenvalue weighted by atomic mass is 16.2. The van der Waals surface area contributed by atoms with Crippen molar-refractivity contribution in [3.8, 4) is 0 Å². The van der Waals surface area contributed by atoms with Crippen molar-refractivity contribution in [2.45, 2.75) is 51.6 Å². The Kier molecular flexibility index (Phi) is 7.37. The number of aromatic nitrogens is 2. The van der Waals surface area contributed by atoms with Gasteiger partial charge in [0.25, 0.3) is 11.8 Å². The summed E-state index contributed by atoms with van der Waals surface area (Å²) in [5.41, 5.74) is 4.03. The van der Waals surface area contributed by atoms with E-state index in [0.29, 0.717) is 23.6 Å². The number of aryl methyl sites for hydroxylation is 1. The standard InChI is InChI=1S/C29H33N5O2/c1-21-10-15-27(30-19-21)32-28(35)25-8-5-7-24(31-25)26-9-6-18-34(26)29(36)23-13-11-22(12-14-23)20-33-16-3-2-4-17-33/h5,7-8,10-15,19,26H,2-4,6,9,16-18,20H2,1H3,(H,30,32,35)/t26-/m0/s1. The molecule has 1 aromatic carbocycles. The molecule has 7 nitrogen and oxygen atoms in total. The van der Waals surface area contributed by atoms with E-state index in [0.717, 1.165) is 43.7 Å². The third kappa shape index (κ3) is 5.62. The maximum absolute atomic E-state index is 13.4. The van der Waals surface area contributed by atoms with E-state index in [1.807, 2.05) is 42.2 Å². The summed E-state index contributed by atoms with van der Waals surface area (Å²) in [6, 6.07) is 17.0. The average molecular weight is 484 g/mol. The van der Waals surface area contributed by atoms with Crippen molar-refractivity contribution in [2.75, 3.05) is 25.0 Å². The van der Waals surface area contributed by atoms with E-state index in [1.54, 1.807) is 18.3 Å². The van der Waals surface area contributed by atoms with E-state index < -0.39 is 0 Å². The first-order chi connectivity index (χ1) is 17.6. The first-order valence-electron chi connectivity index (χ1n) is 12.9. The molecule has 1 N–H and O–H groups in total. The second-order valence-corrected chi connectivity index (χ2v) is 9.81. The zero-order valence-corrected chi connectivity index (χ0v) is 20.8. The number of amides is 2. The molecule has 36 heavy (non-hydrogen) atoms. The molecule has 0 radical (unpaired) electrons. The van der Waals surface area contributed by atoms with Crippen LogP contribution in [0.2, 0.25) is 0 Å². The van der Waals surface area contributed by atoms with Gasteiger partial charge in [-0.3, -0.25) is 14.5 Å². The summed E-state index contributed by atoms with van der Waals surface area (Å²) in [6.07, 6.45) is 7.32. The Morgan fingerprint density at radius 3 is 2.50 bits per heavy atom. The minimum atomic E-state index is -0.312. The van der Waals surface area contributed by atoms with E-state index in [9.17, 15) is 9.59 Å². The first kappa shape index (κ1) is 24.1. The molecule has 0 saturated carbocycles. The van der Waals surface area contributed by atoms with Crippen LogP contribution >= 0.6 is 0 Å². The van der Waals surface area contributed by atoms with Crippen molar-refractivity contribution < 1.29 is 9.59 Å². The van der Waals surface area contributed by atoms with Crippen LogP contribution in [0.5, 0.6) is 0 Å². The molecule has 2 aliphatic rings. The van der Waals surface area contributed by atoms with Crippen molar-refractivity contribution in [1.29, 1.82) is 0 Å². The number of carbonyl (C=O) groups is 2. The molecule has 0 aliphatic carbocycles. The Hall–Kier alpha value is -3.58. The van der Waals surface area contributed by atoms with Gasteiger partial charge >= 0.3 is 0 Å². The smallest absolute Gasteiger partial charge is 0.275 e. The van der Waals surface area contributed by atoms with Gasteiger partial charge in [-0.05, 0) is 87.2 Å². The van der Waals surface area contributed by atoms with E-state index in [1.165, 1.54) is 24.8 Å². The number of hydrogen-bond donors (Lipinski definition) is 1. The SMILES string of the molecule is Cc1ccc(NC(=O)c2cccc([C@@H]3CCCN3C(=O)c3ccc(CN4CCCCC4)cc3)n2)nc1. The topological polar surface area (TPSA) is 78.4 Å². The number of nitrogens with zero attached hydrogens (tertiary/aromatic N) is 4. The van der Waals surface area contributed by atoms with Crippen LogP contribution in [0.4, 0.5) is 5.82 Å². The first-order valence-corrected chi connectivity index (χ1v) is 12.9. The van der Waals surface area contributed by atoms with Gasteiger partial charge in [0, 0.05) is 24.8 Å². The second-order valence-electron chi connectivity index (χ2n) is 9.81. The molecule has 2 fully saturated rings. The van der Waals surface area contributed by atoms with Crippen molar-refractivity contribution >= 4 is 17.6 Å². The Bertz CT molecular complexity index is 1200. The Balaban J connectivity index is 1.26. The minimum Gasteiger partial charge on any atom is -0.330 e. The van der Waals surface area contributed by atoms with Crippen LogP contribution in [0.1, 0.15) is 75.8 Å². The van der Waals surface area contributed by atoms with Gasteiger partial charge in [0.15, 0.2) is 0 Å². The van der Waals surface area contributed by atoms with Crippen LogP contribution in [0.3, 0.4) is 0 Å². The van der Waals surface area contributed by atoms with E-state index >= 15 is 0 Å². The van der Waals surface area contributed by atoms with Crippen LogP contribution in [0, 0.1) is 6.92 Å². The summed E-state index contributed by atoms with van der Waals surface area (Å²) in [6.45, 7) is 5.88. The lowest BCUT2D eigenvalue weighted by Gasteiger charge is -2.27. The Morgan fingerprint density at radius 1 is 0.944 bits per heavy atom. The second kappa shape index (κ2) is 11.0. The number of anilines is 1. The number of pyridine rings is 2. The molecule has 5 rings (SSSR count). The summed E-state index contributed by atoms with van der Waals surface area (Å²) in [5, 5.41) is 2.80. The number of nitrogens with one attached hydrogen (secondary N) is 1. The van der Waals surface area contributed by atoms with Gasteiger partial charge in [-0.1, -0.05) is 30.7 Å². The molecule has 2 saturated heterocycles. The fraction of sp³-hybridized carbons (Fsp3) is 0.379. The van der Waals surface area contributed by atoms with Crippen molar-refractivity contribution in [2.24, 2.45) is 0 Å². The normalized spacial score (nSPS) is 18.2. The van der Waals surface area contributed by atoms with Crippen LogP contribution in [0.15, 0.2) is 60.8 Å². The van der Waals surface area contributed by atoms with E-state index in [4.69, 9.17) is 0 Å². The number of likely N-dealkylation sites (tertiary alicyclic amines) is 2. The Labute approximate surface area is 212 Å². The summed E-state index contributed by atoms with van der Waals surface area (Å²) < 4.78 is 0. The molecule has 0 unspecified atom stereocenters. The highest BCUT2D eigenvalue weighted by Crippen LogP contribution is 2.32. The molecule has 2 aromatic heterocycles. The van der Waals surface area contributed by atoms with E-state index in [2.05, 4.69) is 32.3 Å². The van der Waals surface area contributed by atoms with Gasteiger partial charge in [0.05, 0.1) is 11.7 Å². The van der Waals surface area contributed by atoms with Crippen molar-refractivity contribution in [3.05, 3.63) is 88.9 Å². The minimum absolute atomic E-state index is 0.0162. The summed E-state index contributed by atoms with van der Waals surface area (Å²) in [7, 11) is 0. The highest BCUT2D eigenvalue weighted by molar-refractivity contribution is 6.02. The number of carbonyl (C=O) groups excluding carboxylic acids is 2. The zero-order valence-electron chi connectivity index (χ0n) is 20.8. The molecule has 2 aliphatic heterocycles. The molecule has 2 amide bonds. The largest absolute Gasteiger partial charge is 0.330 e. The molecule has 4 heterocycles. The van der Waals surface area contributed by atoms with Crippen molar-refractivity contribution in [3.63, 3.8) is 0 Å². The molecule has 7 heteroatoms. The number of hydrogen-bond acceptors (Lipinski definition) is 5. The molecular formula is C29H33N5O2. The number of benzene rings is 1. The maximum atomic E-state index is 13.4. The third-order valence-electron chi connectivity index (χ3n) is 7.07. The average Bonchev–Trinajstić information content (AvgIpc) is 3.41. The lowest BCUT2D eigenvalue weighted by atomic mass is 10.1. The van der Waals surface area contributed by atoms with Gasteiger partial charge in [0.1, 0.15) is 11.5 Å². The highest BCUT2D eigenvalue weighted by Gasteiger charge is 2.32. The lowest BCUT2D eigenvalue weighted by Crippen LogP contribution is -2.31. The van der Waals surface area contributed by atoms with Crippen LogP contribution in [-0.2, 0) is 6.54 Å². The monoisotopic (exact) mass is 483 g/mol. The van der Waals surface area contributed by atoms with Crippen LogP contribution < -0.4 is 5.32 Å². The van der Waals surface area contributed by atoms with Crippen LogP contribution in [0.25, 0.3) is 0 Å². The summed E-state index contributed by atoms with van der Waals surface area (Å²) >= 11 is 0. The molecule has 0 spiro atoms. The van der Waals surface area contributed by atoms with Crippen LogP contribution in [-0.4, -0.2) is 51.2 Å². The fourth-order valence-corrected chi connectivity index (χ4v) is 5.10. The van der Waals surface area contributed by atoms with Gasteiger partial charge in [-0.15, -0.1) is 0 Å². The summed E-state index contributed by atoms with van der Waals surface area (Å²) in [5.74, 6) is 0.190. The molecule has 3 aromatic rings. The predicted octanol–water partition coefficient (Wildman–Crippen LogP) is 5.00. The van der Waals surface area contributed by atoms with Gasteiger partial charge in [-0.2, -0.15) is 0 Å². The maximum Gasteiger partial charge on any atom is 0.275 e. The number of rotatable bonds is 6. The molecular weight excluding hydrogens is 450 g/mol. The fourth-order valence-electron chi connectivity index (χ4n) is 5.10. The quantitative estimate of drug-likeness (QED) is 0.534. The lowest BCUT2D eigenvalue weighted by molar-refractivity contribution is 0.0733.